The first kappa shape index (κ1) is 37.7. The van der Waals surface area contributed by atoms with Crippen LogP contribution in [0.15, 0.2) is 237 Å². The molecule has 0 saturated heterocycles. The van der Waals surface area contributed by atoms with E-state index < -0.39 is 0 Å². The van der Waals surface area contributed by atoms with Gasteiger partial charge in [-0.15, -0.1) is 22.7 Å². The van der Waals surface area contributed by atoms with Gasteiger partial charge in [0.05, 0.1) is 10.4 Å². The van der Waals surface area contributed by atoms with Gasteiger partial charge in [0.2, 0.25) is 0 Å². The van der Waals surface area contributed by atoms with Gasteiger partial charge in [-0.2, -0.15) is 0 Å². The van der Waals surface area contributed by atoms with Crippen molar-refractivity contribution in [1.82, 2.24) is 0 Å². The second-order valence-corrected chi connectivity index (χ2v) is 19.0. The highest BCUT2D eigenvalue weighted by atomic mass is 32.1. The Balaban J connectivity index is 0.922. The lowest BCUT2D eigenvalue weighted by atomic mass is 9.91. The maximum absolute atomic E-state index is 2.44. The number of benzene rings is 11. The highest BCUT2D eigenvalue weighted by Gasteiger charge is 2.20. The van der Waals surface area contributed by atoms with Crippen LogP contribution in [0, 0.1) is 0 Å². The molecule has 65 heavy (non-hydrogen) atoms. The molecule has 0 saturated carbocycles. The minimum Gasteiger partial charge on any atom is -0.309 e. The number of hydrogen-bond donors (Lipinski definition) is 0. The molecule has 0 aliphatic heterocycles. The zero-order valence-corrected chi connectivity index (χ0v) is 36.9. The molecule has 2 heterocycles. The normalized spacial score (nSPS) is 11.7. The second-order valence-electron chi connectivity index (χ2n) is 16.8. The van der Waals surface area contributed by atoms with Crippen molar-refractivity contribution in [2.24, 2.45) is 0 Å². The Morgan fingerprint density at radius 1 is 0.262 bits per heavy atom. The molecule has 0 radical (unpaired) electrons. The van der Waals surface area contributed by atoms with Crippen LogP contribution >= 0.6 is 22.7 Å². The van der Waals surface area contributed by atoms with Gasteiger partial charge in [-0.3, -0.25) is 0 Å². The molecule has 13 rings (SSSR count). The predicted molar refractivity (Wildman–Crippen MR) is 284 cm³/mol. The van der Waals surface area contributed by atoms with E-state index in [0.29, 0.717) is 0 Å². The van der Waals surface area contributed by atoms with Crippen molar-refractivity contribution in [3.8, 4) is 44.5 Å². The molecule has 0 bridgehead atoms. The van der Waals surface area contributed by atoms with Crippen LogP contribution in [0.3, 0.4) is 0 Å². The molecule has 2 aromatic heterocycles. The fourth-order valence-corrected chi connectivity index (χ4v) is 12.2. The summed E-state index contributed by atoms with van der Waals surface area (Å²) in [5.74, 6) is 0. The van der Waals surface area contributed by atoms with Crippen molar-refractivity contribution in [3.05, 3.63) is 237 Å². The number of hydrogen-bond acceptors (Lipinski definition) is 3. The zero-order valence-electron chi connectivity index (χ0n) is 35.3. The summed E-state index contributed by atoms with van der Waals surface area (Å²) in [6, 6.07) is 87.1. The smallest absolute Gasteiger partial charge is 0.0640 e. The molecule has 3 heteroatoms. The van der Waals surface area contributed by atoms with E-state index in [1.165, 1.54) is 112 Å². The Hall–Kier alpha value is -7.82. The predicted octanol–water partition coefficient (Wildman–Crippen LogP) is 18.9. The van der Waals surface area contributed by atoms with Gasteiger partial charge in [-0.1, -0.05) is 176 Å². The minimum absolute atomic E-state index is 1.11. The summed E-state index contributed by atoms with van der Waals surface area (Å²) in [5, 5.41) is 10.3. The van der Waals surface area contributed by atoms with Gasteiger partial charge in [-0.25, -0.2) is 0 Å². The molecule has 0 atom stereocenters. The molecular weight excluding hydrogens is 823 g/mol. The van der Waals surface area contributed by atoms with E-state index in [-0.39, 0.29) is 0 Å². The van der Waals surface area contributed by atoms with Gasteiger partial charge in [0, 0.05) is 47.0 Å². The van der Waals surface area contributed by atoms with Gasteiger partial charge >= 0.3 is 0 Å². The minimum atomic E-state index is 1.11. The van der Waals surface area contributed by atoms with Gasteiger partial charge in [0.15, 0.2) is 0 Å². The third-order valence-electron chi connectivity index (χ3n) is 13.1. The molecule has 11 aromatic carbocycles. The first-order chi connectivity index (χ1) is 32.2. The van der Waals surface area contributed by atoms with Crippen molar-refractivity contribution in [2.75, 3.05) is 4.90 Å². The molecule has 0 fully saturated rings. The molecule has 1 nitrogen and oxygen atoms in total. The van der Waals surface area contributed by atoms with Crippen molar-refractivity contribution in [1.29, 1.82) is 0 Å². The summed E-state index contributed by atoms with van der Waals surface area (Å²) in [6.07, 6.45) is 0. The molecule has 0 aliphatic rings. The van der Waals surface area contributed by atoms with E-state index in [2.05, 4.69) is 241 Å². The molecule has 304 valence electrons. The van der Waals surface area contributed by atoms with E-state index in [0.717, 1.165) is 11.4 Å². The van der Waals surface area contributed by atoms with Crippen LogP contribution in [-0.4, -0.2) is 0 Å². The Bertz CT molecular complexity index is 3920. The standard InChI is InChI=1S/C62H39NS2/c1-3-12-40(13-4-1)41-22-29-48(30-23-41)63(49-31-24-42(25-32-49)44-26-33-51-56(43-14-5-2-6-15-43)37-47-16-7-8-17-50(47)57(51)36-44)58-20-11-19-55-54-35-28-46(39-61(54)65-62(55)58)45-27-34-53-52-18-9-10-21-59(52)64-60(53)38-45/h1-39H. The SMILES string of the molecule is c1ccc(-c2ccc(N(c3ccc(-c4ccc5c(-c6ccccc6)cc6ccccc6c5c4)cc3)c3cccc4c3sc3cc(-c5ccc6c(c5)sc5ccccc56)ccc34)cc2)cc1. The van der Waals surface area contributed by atoms with E-state index in [1.807, 2.05) is 22.7 Å². The Morgan fingerprint density at radius 3 is 1.46 bits per heavy atom. The van der Waals surface area contributed by atoms with E-state index in [9.17, 15) is 0 Å². The van der Waals surface area contributed by atoms with E-state index in [1.54, 1.807) is 0 Å². The number of anilines is 3. The lowest BCUT2D eigenvalue weighted by molar-refractivity contribution is 1.30. The lowest BCUT2D eigenvalue weighted by Gasteiger charge is -2.26. The Kier molecular flexibility index (Phi) is 8.97. The summed E-state index contributed by atoms with van der Waals surface area (Å²) < 4.78 is 5.22. The van der Waals surface area contributed by atoms with Crippen molar-refractivity contribution < 1.29 is 0 Å². The molecule has 0 unspecified atom stereocenters. The van der Waals surface area contributed by atoms with Gasteiger partial charge in [0.25, 0.3) is 0 Å². The first-order valence-electron chi connectivity index (χ1n) is 22.1. The topological polar surface area (TPSA) is 3.24 Å². The highest BCUT2D eigenvalue weighted by molar-refractivity contribution is 7.26. The van der Waals surface area contributed by atoms with Crippen LogP contribution in [0.25, 0.3) is 106 Å². The molecule has 0 amide bonds. The summed E-state index contributed by atoms with van der Waals surface area (Å²) in [7, 11) is 0. The number of rotatable bonds is 7. The van der Waals surface area contributed by atoms with E-state index >= 15 is 0 Å². The molecule has 0 spiro atoms. The monoisotopic (exact) mass is 861 g/mol. The second kappa shape index (κ2) is 15.5. The number of thiophene rings is 2. The maximum atomic E-state index is 2.44. The summed E-state index contributed by atoms with van der Waals surface area (Å²) in [6.45, 7) is 0. The molecule has 13 aromatic rings. The molecular formula is C62H39NS2. The van der Waals surface area contributed by atoms with Gasteiger partial charge in [0.1, 0.15) is 0 Å². The van der Waals surface area contributed by atoms with Crippen molar-refractivity contribution in [3.63, 3.8) is 0 Å². The third-order valence-corrected chi connectivity index (χ3v) is 15.4. The quantitative estimate of drug-likeness (QED) is 0.144. The Labute approximate surface area is 385 Å². The van der Waals surface area contributed by atoms with Crippen molar-refractivity contribution >= 4 is 102 Å². The molecule has 0 N–H and O–H groups in total. The Morgan fingerprint density at radius 2 is 0.754 bits per heavy atom. The number of nitrogens with zero attached hydrogens (tertiary/aromatic N) is 1. The van der Waals surface area contributed by atoms with Gasteiger partial charge < -0.3 is 4.90 Å². The van der Waals surface area contributed by atoms with E-state index in [4.69, 9.17) is 0 Å². The fourth-order valence-electron chi connectivity index (χ4n) is 9.85. The van der Waals surface area contributed by atoms with Crippen LogP contribution in [0.4, 0.5) is 17.1 Å². The van der Waals surface area contributed by atoms with Crippen molar-refractivity contribution in [2.45, 2.75) is 0 Å². The average Bonchev–Trinajstić information content (AvgIpc) is 3.95. The lowest BCUT2D eigenvalue weighted by Crippen LogP contribution is -2.10. The highest BCUT2D eigenvalue weighted by Crippen LogP contribution is 2.47. The summed E-state index contributed by atoms with van der Waals surface area (Å²) >= 11 is 3.76. The number of fused-ring (bicyclic) bond motifs is 9. The maximum Gasteiger partial charge on any atom is 0.0640 e. The first-order valence-corrected chi connectivity index (χ1v) is 23.8. The van der Waals surface area contributed by atoms with Crippen LogP contribution in [0.5, 0.6) is 0 Å². The average molecular weight is 862 g/mol. The van der Waals surface area contributed by atoms with Crippen LogP contribution in [-0.2, 0) is 0 Å². The largest absolute Gasteiger partial charge is 0.309 e. The van der Waals surface area contributed by atoms with Crippen LogP contribution in [0.2, 0.25) is 0 Å². The zero-order chi connectivity index (χ0) is 42.8. The third kappa shape index (κ3) is 6.51. The summed E-state index contributed by atoms with van der Waals surface area (Å²) in [5.41, 5.74) is 13.2. The van der Waals surface area contributed by atoms with Crippen LogP contribution in [0.1, 0.15) is 0 Å². The van der Waals surface area contributed by atoms with Crippen LogP contribution < -0.4 is 4.90 Å². The summed E-state index contributed by atoms with van der Waals surface area (Å²) in [4.78, 5) is 2.44. The fraction of sp³-hybridized carbons (Fsp3) is 0. The van der Waals surface area contributed by atoms with Gasteiger partial charge in [-0.05, 0) is 127 Å². The molecule has 0 aliphatic carbocycles.